The molecule has 2 aliphatic rings. The van der Waals surface area contributed by atoms with Crippen molar-refractivity contribution in [3.05, 3.63) is 93.5 Å². The van der Waals surface area contributed by atoms with Crippen molar-refractivity contribution < 1.29 is 14.3 Å². The van der Waals surface area contributed by atoms with E-state index in [1.54, 1.807) is 12.1 Å². The van der Waals surface area contributed by atoms with Gasteiger partial charge in [0.1, 0.15) is 5.60 Å². The second-order valence-electron chi connectivity index (χ2n) is 7.93. The van der Waals surface area contributed by atoms with Gasteiger partial charge in [-0.2, -0.15) is 0 Å². The first-order valence-electron chi connectivity index (χ1n) is 10.1. The second-order valence-corrected chi connectivity index (χ2v) is 8.74. The number of hydrogen-bond acceptors (Lipinski definition) is 3. The van der Waals surface area contributed by atoms with E-state index >= 15 is 0 Å². The molecule has 0 bridgehead atoms. The van der Waals surface area contributed by atoms with Crippen molar-refractivity contribution in [3.63, 3.8) is 0 Å². The Morgan fingerprint density at radius 1 is 0.871 bits per heavy atom. The number of amides is 1. The molecule has 0 saturated carbocycles. The molecule has 3 aromatic carbocycles. The van der Waals surface area contributed by atoms with Crippen LogP contribution in [0.5, 0.6) is 0 Å². The van der Waals surface area contributed by atoms with E-state index in [-0.39, 0.29) is 11.9 Å². The lowest BCUT2D eigenvalue weighted by atomic mass is 9.83. The minimum atomic E-state index is -0.609. The van der Waals surface area contributed by atoms with E-state index in [4.69, 9.17) is 27.9 Å². The summed E-state index contributed by atoms with van der Waals surface area (Å²) in [5.41, 5.74) is 3.50. The van der Waals surface area contributed by atoms with E-state index in [0.717, 1.165) is 16.7 Å². The molecule has 0 atom stereocenters. The van der Waals surface area contributed by atoms with Crippen LogP contribution in [0.3, 0.4) is 0 Å². The van der Waals surface area contributed by atoms with Crippen LogP contribution < -0.4 is 0 Å². The van der Waals surface area contributed by atoms with E-state index in [1.165, 1.54) is 0 Å². The standard InChI is InChI=1S/C25H19Cl2NO3/c26-21-10-9-18(15-22(21)27)16-5-7-17(8-6-16)23(29)28-13-11-25(12-14-28)20-4-2-1-3-19(20)24(30)31-25/h1-10,15H,11-14H2. The molecule has 0 N–H and O–H groups in total. The van der Waals surface area contributed by atoms with Gasteiger partial charge in [-0.25, -0.2) is 4.79 Å². The fourth-order valence-electron chi connectivity index (χ4n) is 4.45. The van der Waals surface area contributed by atoms with Gasteiger partial charge in [0, 0.05) is 37.1 Å². The highest BCUT2D eigenvalue weighted by atomic mass is 35.5. The number of carbonyl (C=O) groups excluding carboxylic acids is 2. The van der Waals surface area contributed by atoms with Gasteiger partial charge in [-0.05, 0) is 41.5 Å². The summed E-state index contributed by atoms with van der Waals surface area (Å²) < 4.78 is 5.78. The number of nitrogens with zero attached hydrogens (tertiary/aromatic N) is 1. The summed E-state index contributed by atoms with van der Waals surface area (Å²) in [6, 6.07) is 20.5. The Morgan fingerprint density at radius 2 is 1.55 bits per heavy atom. The zero-order valence-electron chi connectivity index (χ0n) is 16.6. The Bertz CT molecular complexity index is 1180. The third kappa shape index (κ3) is 3.50. The first-order valence-corrected chi connectivity index (χ1v) is 10.9. The average Bonchev–Trinajstić information content (AvgIpc) is 3.07. The van der Waals surface area contributed by atoms with E-state index in [1.807, 2.05) is 59.5 Å². The summed E-state index contributed by atoms with van der Waals surface area (Å²) in [7, 11) is 0. The van der Waals surface area contributed by atoms with Crippen molar-refractivity contribution in [2.75, 3.05) is 13.1 Å². The molecular formula is C25H19Cl2NO3. The highest BCUT2D eigenvalue weighted by molar-refractivity contribution is 6.42. The molecule has 5 rings (SSSR count). The fraction of sp³-hybridized carbons (Fsp3) is 0.200. The number of likely N-dealkylation sites (tertiary alicyclic amines) is 1. The molecule has 4 nitrogen and oxygen atoms in total. The van der Waals surface area contributed by atoms with Crippen LogP contribution in [0.4, 0.5) is 0 Å². The van der Waals surface area contributed by atoms with Crippen LogP contribution in [-0.2, 0) is 10.3 Å². The molecule has 3 aromatic rings. The smallest absolute Gasteiger partial charge is 0.339 e. The highest BCUT2D eigenvalue weighted by Gasteiger charge is 2.47. The van der Waals surface area contributed by atoms with Crippen LogP contribution >= 0.6 is 23.2 Å². The number of benzene rings is 3. The van der Waals surface area contributed by atoms with Crippen LogP contribution in [0.15, 0.2) is 66.7 Å². The largest absolute Gasteiger partial charge is 0.450 e. The zero-order valence-corrected chi connectivity index (χ0v) is 18.1. The molecule has 0 unspecified atom stereocenters. The van der Waals surface area contributed by atoms with Crippen molar-refractivity contribution >= 4 is 35.1 Å². The topological polar surface area (TPSA) is 46.6 Å². The van der Waals surface area contributed by atoms with Crippen molar-refractivity contribution in [3.8, 4) is 11.1 Å². The summed E-state index contributed by atoms with van der Waals surface area (Å²) in [6.45, 7) is 1.07. The van der Waals surface area contributed by atoms with Crippen molar-refractivity contribution in [1.29, 1.82) is 0 Å². The quantitative estimate of drug-likeness (QED) is 0.451. The van der Waals surface area contributed by atoms with Gasteiger partial charge >= 0.3 is 5.97 Å². The molecule has 0 aromatic heterocycles. The zero-order chi connectivity index (χ0) is 21.6. The Kier molecular flexibility index (Phi) is 4.99. The summed E-state index contributed by atoms with van der Waals surface area (Å²) in [4.78, 5) is 27.1. The van der Waals surface area contributed by atoms with Gasteiger partial charge < -0.3 is 9.64 Å². The Labute approximate surface area is 190 Å². The van der Waals surface area contributed by atoms with E-state index in [2.05, 4.69) is 0 Å². The van der Waals surface area contributed by atoms with Crippen LogP contribution in [0.25, 0.3) is 11.1 Å². The van der Waals surface area contributed by atoms with Gasteiger partial charge in [-0.1, -0.05) is 59.6 Å². The van der Waals surface area contributed by atoms with Crippen molar-refractivity contribution in [2.45, 2.75) is 18.4 Å². The average molecular weight is 452 g/mol. The third-order valence-corrected chi connectivity index (χ3v) is 6.91. The maximum absolute atomic E-state index is 13.0. The van der Waals surface area contributed by atoms with Gasteiger partial charge in [-0.3, -0.25) is 4.79 Å². The molecule has 1 saturated heterocycles. The monoisotopic (exact) mass is 451 g/mol. The molecule has 2 aliphatic heterocycles. The Morgan fingerprint density at radius 3 is 2.26 bits per heavy atom. The Balaban J connectivity index is 1.30. The molecule has 2 heterocycles. The molecule has 31 heavy (non-hydrogen) atoms. The Hall–Kier alpha value is -2.82. The number of piperidine rings is 1. The molecule has 0 aliphatic carbocycles. The number of ether oxygens (including phenoxy) is 1. The maximum Gasteiger partial charge on any atom is 0.339 e. The van der Waals surface area contributed by atoms with Crippen molar-refractivity contribution in [1.82, 2.24) is 4.90 Å². The summed E-state index contributed by atoms with van der Waals surface area (Å²) >= 11 is 12.1. The predicted molar refractivity (Wildman–Crippen MR) is 121 cm³/mol. The maximum atomic E-state index is 13.0. The number of hydrogen-bond donors (Lipinski definition) is 0. The molecule has 1 fully saturated rings. The summed E-state index contributed by atoms with van der Waals surface area (Å²) in [5, 5.41) is 1.01. The summed E-state index contributed by atoms with van der Waals surface area (Å²) in [5.74, 6) is -0.290. The van der Waals surface area contributed by atoms with Crippen LogP contribution in [-0.4, -0.2) is 29.9 Å². The second kappa shape index (κ2) is 7.70. The van der Waals surface area contributed by atoms with Gasteiger partial charge in [0.05, 0.1) is 15.6 Å². The lowest BCUT2D eigenvalue weighted by Gasteiger charge is -2.38. The molecular weight excluding hydrogens is 433 g/mol. The lowest BCUT2D eigenvalue weighted by Crippen LogP contribution is -2.45. The highest BCUT2D eigenvalue weighted by Crippen LogP contribution is 2.44. The number of esters is 1. The minimum absolute atomic E-state index is 0.0202. The molecule has 0 radical (unpaired) electrons. The SMILES string of the molecule is O=C1OC2(CCN(C(=O)c3ccc(-c4ccc(Cl)c(Cl)c4)cc3)CC2)c2ccccc21. The number of carbonyl (C=O) groups is 2. The van der Waals surface area contributed by atoms with E-state index in [9.17, 15) is 9.59 Å². The predicted octanol–water partition coefficient (Wildman–Crippen LogP) is 5.96. The number of halogens is 2. The van der Waals surface area contributed by atoms with Gasteiger partial charge in [0.15, 0.2) is 0 Å². The van der Waals surface area contributed by atoms with Crippen molar-refractivity contribution in [2.24, 2.45) is 0 Å². The fourth-order valence-corrected chi connectivity index (χ4v) is 4.75. The lowest BCUT2D eigenvalue weighted by molar-refractivity contribution is -0.0389. The first kappa shape index (κ1) is 20.1. The van der Waals surface area contributed by atoms with Gasteiger partial charge in [0.2, 0.25) is 0 Å². The molecule has 1 spiro atoms. The minimum Gasteiger partial charge on any atom is -0.450 e. The van der Waals surface area contributed by atoms with Gasteiger partial charge in [0.25, 0.3) is 5.91 Å². The van der Waals surface area contributed by atoms with Crippen LogP contribution in [0.1, 0.15) is 39.1 Å². The van der Waals surface area contributed by atoms with E-state index < -0.39 is 5.60 Å². The van der Waals surface area contributed by atoms with Crippen LogP contribution in [0, 0.1) is 0 Å². The van der Waals surface area contributed by atoms with Gasteiger partial charge in [-0.15, -0.1) is 0 Å². The third-order valence-electron chi connectivity index (χ3n) is 6.17. The summed E-state index contributed by atoms with van der Waals surface area (Å²) in [6.07, 6.45) is 1.20. The molecule has 156 valence electrons. The molecule has 6 heteroatoms. The number of rotatable bonds is 2. The first-order chi connectivity index (χ1) is 15.0. The van der Waals surface area contributed by atoms with Crippen LogP contribution in [0.2, 0.25) is 10.0 Å². The molecule has 1 amide bonds. The number of fused-ring (bicyclic) bond motifs is 2. The van der Waals surface area contributed by atoms with E-state index in [0.29, 0.717) is 47.1 Å². The normalized spacial score (nSPS) is 16.8.